The normalized spacial score (nSPS) is 13.4. The van der Waals surface area contributed by atoms with Gasteiger partial charge in [-0.1, -0.05) is 48.8 Å². The van der Waals surface area contributed by atoms with Crippen molar-refractivity contribution < 1.29 is 19.2 Å². The summed E-state index contributed by atoms with van der Waals surface area (Å²) in [4.78, 5) is 23.5. The van der Waals surface area contributed by atoms with Gasteiger partial charge < -0.3 is 14.9 Å². The van der Waals surface area contributed by atoms with E-state index in [1.165, 1.54) is 13.0 Å². The van der Waals surface area contributed by atoms with Crippen molar-refractivity contribution in [3.63, 3.8) is 0 Å². The Balaban J connectivity index is 2.17. The maximum atomic E-state index is 12.2. The van der Waals surface area contributed by atoms with Crippen LogP contribution in [0.4, 0.5) is 0 Å². The lowest BCUT2D eigenvalue weighted by Crippen LogP contribution is -2.52. The summed E-state index contributed by atoms with van der Waals surface area (Å²) in [6.07, 6.45) is 0.967. The Morgan fingerprint density at radius 1 is 1.32 bits per heavy atom. The number of aliphatic carboxylic acids is 1. The van der Waals surface area contributed by atoms with Crippen LogP contribution in [-0.4, -0.2) is 27.7 Å². The fourth-order valence-electron chi connectivity index (χ4n) is 2.16. The van der Waals surface area contributed by atoms with Gasteiger partial charge in [0.05, 0.1) is 0 Å². The van der Waals surface area contributed by atoms with E-state index in [-0.39, 0.29) is 5.69 Å². The first kappa shape index (κ1) is 15.8. The number of carboxylic acid groups (broad SMARTS) is 1. The van der Waals surface area contributed by atoms with Gasteiger partial charge in [-0.15, -0.1) is 0 Å². The topological polar surface area (TPSA) is 92.4 Å². The molecular weight excluding hydrogens is 284 g/mol. The molecule has 0 aliphatic carbocycles. The quantitative estimate of drug-likeness (QED) is 0.856. The van der Waals surface area contributed by atoms with Gasteiger partial charge in [0, 0.05) is 11.6 Å². The minimum atomic E-state index is -1.32. The number of hydrogen-bond acceptors (Lipinski definition) is 4. The van der Waals surface area contributed by atoms with Gasteiger partial charge in [0.2, 0.25) is 0 Å². The Labute approximate surface area is 128 Å². The molecule has 0 bridgehead atoms. The molecule has 1 atom stereocenters. The molecule has 0 spiro atoms. The van der Waals surface area contributed by atoms with Crippen molar-refractivity contribution in [2.75, 3.05) is 0 Å². The van der Waals surface area contributed by atoms with Crippen molar-refractivity contribution in [2.24, 2.45) is 0 Å². The predicted octanol–water partition coefficient (Wildman–Crippen LogP) is 2.71. The maximum absolute atomic E-state index is 12.2. The Kier molecular flexibility index (Phi) is 4.60. The van der Waals surface area contributed by atoms with Gasteiger partial charge in [0.15, 0.2) is 11.5 Å². The molecule has 22 heavy (non-hydrogen) atoms. The van der Waals surface area contributed by atoms with Crippen LogP contribution in [0.5, 0.6) is 0 Å². The number of rotatable bonds is 6. The molecule has 2 aromatic rings. The zero-order valence-electron chi connectivity index (χ0n) is 12.5. The number of carbonyl (C=O) groups excluding carboxylic acids is 1. The van der Waals surface area contributed by atoms with Gasteiger partial charge in [-0.3, -0.25) is 4.79 Å². The lowest BCUT2D eigenvalue weighted by Gasteiger charge is -2.25. The predicted molar refractivity (Wildman–Crippen MR) is 80.4 cm³/mol. The molecule has 1 aromatic heterocycles. The molecule has 0 saturated carbocycles. The molecule has 1 aromatic carbocycles. The maximum Gasteiger partial charge on any atom is 0.329 e. The molecule has 6 heteroatoms. The third kappa shape index (κ3) is 3.33. The average molecular weight is 302 g/mol. The van der Waals surface area contributed by atoms with Gasteiger partial charge in [0.1, 0.15) is 5.54 Å². The number of amides is 1. The summed E-state index contributed by atoms with van der Waals surface area (Å²) >= 11 is 0. The summed E-state index contributed by atoms with van der Waals surface area (Å²) in [6.45, 7) is 3.34. The molecule has 2 rings (SSSR count). The van der Waals surface area contributed by atoms with E-state index < -0.39 is 17.4 Å². The third-order valence-corrected chi connectivity index (χ3v) is 3.41. The van der Waals surface area contributed by atoms with Crippen LogP contribution in [0, 0.1) is 0 Å². The van der Waals surface area contributed by atoms with Crippen molar-refractivity contribution in [2.45, 2.75) is 32.2 Å². The SMILES string of the molecule is CCCC(C)(NC(=O)c1cc(-c2ccccc2)on1)C(=O)O. The molecule has 6 nitrogen and oxygen atoms in total. The van der Waals surface area contributed by atoms with Crippen LogP contribution in [-0.2, 0) is 4.79 Å². The standard InChI is InChI=1S/C16H18N2O4/c1-3-9-16(2,15(20)21)17-14(19)12-10-13(22-18-12)11-7-5-4-6-8-11/h4-8,10H,3,9H2,1-2H3,(H,17,19)(H,20,21). The third-order valence-electron chi connectivity index (χ3n) is 3.41. The van der Waals surface area contributed by atoms with E-state index in [1.54, 1.807) is 0 Å². The van der Waals surface area contributed by atoms with Crippen LogP contribution in [0.3, 0.4) is 0 Å². The van der Waals surface area contributed by atoms with E-state index in [0.29, 0.717) is 18.6 Å². The lowest BCUT2D eigenvalue weighted by molar-refractivity contribution is -0.144. The molecule has 2 N–H and O–H groups in total. The van der Waals surface area contributed by atoms with E-state index in [9.17, 15) is 14.7 Å². The fourth-order valence-corrected chi connectivity index (χ4v) is 2.16. The summed E-state index contributed by atoms with van der Waals surface area (Å²) in [6, 6.07) is 10.7. The number of benzene rings is 1. The number of nitrogens with one attached hydrogen (secondary N) is 1. The first-order valence-corrected chi connectivity index (χ1v) is 7.04. The van der Waals surface area contributed by atoms with Crippen LogP contribution >= 0.6 is 0 Å². The molecule has 0 radical (unpaired) electrons. The highest BCUT2D eigenvalue weighted by Gasteiger charge is 2.34. The van der Waals surface area contributed by atoms with Crippen molar-refractivity contribution in [3.05, 3.63) is 42.1 Å². The monoisotopic (exact) mass is 302 g/mol. The summed E-state index contributed by atoms with van der Waals surface area (Å²) in [5.41, 5.74) is -0.469. The first-order chi connectivity index (χ1) is 10.5. The van der Waals surface area contributed by atoms with Crippen molar-refractivity contribution >= 4 is 11.9 Å². The van der Waals surface area contributed by atoms with Crippen LogP contribution in [0.25, 0.3) is 11.3 Å². The molecule has 1 amide bonds. The van der Waals surface area contributed by atoms with E-state index >= 15 is 0 Å². The van der Waals surface area contributed by atoms with Crippen LogP contribution in [0.15, 0.2) is 40.9 Å². The molecule has 0 aliphatic rings. The first-order valence-electron chi connectivity index (χ1n) is 7.04. The van der Waals surface area contributed by atoms with Crippen molar-refractivity contribution in [1.29, 1.82) is 0 Å². The largest absolute Gasteiger partial charge is 0.480 e. The molecule has 1 heterocycles. The number of hydrogen-bond donors (Lipinski definition) is 2. The minimum absolute atomic E-state index is 0.0578. The second kappa shape index (κ2) is 6.43. The van der Waals surface area contributed by atoms with Gasteiger partial charge >= 0.3 is 5.97 Å². The second-order valence-corrected chi connectivity index (χ2v) is 5.28. The second-order valence-electron chi connectivity index (χ2n) is 5.28. The molecular formula is C16H18N2O4. The summed E-state index contributed by atoms with van der Waals surface area (Å²) in [7, 11) is 0. The molecule has 0 saturated heterocycles. The lowest BCUT2D eigenvalue weighted by atomic mass is 9.96. The molecule has 116 valence electrons. The fraction of sp³-hybridized carbons (Fsp3) is 0.312. The Hall–Kier alpha value is -2.63. The highest BCUT2D eigenvalue weighted by molar-refractivity contribution is 5.96. The van der Waals surface area contributed by atoms with E-state index in [2.05, 4.69) is 10.5 Å². The number of aromatic nitrogens is 1. The summed E-state index contributed by atoms with van der Waals surface area (Å²) < 4.78 is 5.15. The minimum Gasteiger partial charge on any atom is -0.480 e. The van der Waals surface area contributed by atoms with E-state index in [0.717, 1.165) is 5.56 Å². The average Bonchev–Trinajstić information content (AvgIpc) is 2.98. The van der Waals surface area contributed by atoms with Crippen molar-refractivity contribution in [1.82, 2.24) is 10.5 Å². The number of carboxylic acids is 1. The Bertz CT molecular complexity index is 666. The van der Waals surface area contributed by atoms with E-state index in [4.69, 9.17) is 4.52 Å². The van der Waals surface area contributed by atoms with Crippen molar-refractivity contribution in [3.8, 4) is 11.3 Å². The molecule has 0 aliphatic heterocycles. The highest BCUT2D eigenvalue weighted by Crippen LogP contribution is 2.20. The Morgan fingerprint density at radius 2 is 2.00 bits per heavy atom. The zero-order valence-corrected chi connectivity index (χ0v) is 12.5. The Morgan fingerprint density at radius 3 is 2.59 bits per heavy atom. The molecule has 0 fully saturated rings. The van der Waals surface area contributed by atoms with Crippen LogP contribution in [0.1, 0.15) is 37.2 Å². The number of carbonyl (C=O) groups is 2. The zero-order chi connectivity index (χ0) is 16.2. The van der Waals surface area contributed by atoms with Gasteiger partial charge in [-0.05, 0) is 13.3 Å². The van der Waals surface area contributed by atoms with Crippen LogP contribution in [0.2, 0.25) is 0 Å². The van der Waals surface area contributed by atoms with Gasteiger partial charge in [-0.25, -0.2) is 4.79 Å². The summed E-state index contributed by atoms with van der Waals surface area (Å²) in [5, 5.41) is 15.5. The highest BCUT2D eigenvalue weighted by atomic mass is 16.5. The summed E-state index contributed by atoms with van der Waals surface area (Å²) in [5.74, 6) is -1.18. The number of nitrogens with zero attached hydrogens (tertiary/aromatic N) is 1. The van der Waals surface area contributed by atoms with Gasteiger partial charge in [-0.2, -0.15) is 0 Å². The van der Waals surface area contributed by atoms with Crippen LogP contribution < -0.4 is 5.32 Å². The molecule has 1 unspecified atom stereocenters. The smallest absolute Gasteiger partial charge is 0.329 e. The van der Waals surface area contributed by atoms with Gasteiger partial charge in [0.25, 0.3) is 5.91 Å². The van der Waals surface area contributed by atoms with E-state index in [1.807, 2.05) is 37.3 Å².